The van der Waals surface area contributed by atoms with Crippen molar-refractivity contribution in [2.75, 3.05) is 25.5 Å². The Balaban J connectivity index is 2.18. The fourth-order valence-electron chi connectivity index (χ4n) is 1.98. The minimum Gasteiger partial charge on any atom is -0.354 e. The van der Waals surface area contributed by atoms with Crippen LogP contribution in [-0.2, 0) is 15.8 Å². The van der Waals surface area contributed by atoms with E-state index in [2.05, 4.69) is 20.7 Å². The molecule has 8 nitrogen and oxygen atoms in total. The first kappa shape index (κ1) is 18.4. The van der Waals surface area contributed by atoms with Crippen molar-refractivity contribution in [3.63, 3.8) is 0 Å². The van der Waals surface area contributed by atoms with E-state index < -0.39 is 17.6 Å². The summed E-state index contributed by atoms with van der Waals surface area (Å²) in [6.45, 7) is -0.0943. The van der Waals surface area contributed by atoms with E-state index >= 15 is 0 Å². The zero-order chi connectivity index (χ0) is 18.4. The van der Waals surface area contributed by atoms with Gasteiger partial charge >= 0.3 is 6.18 Å². The molecule has 134 valence electrons. The van der Waals surface area contributed by atoms with E-state index in [0.29, 0.717) is 0 Å². The smallest absolute Gasteiger partial charge is 0.354 e. The number of amides is 2. The third kappa shape index (κ3) is 5.01. The molecular formula is C14H16F3N6O2+. The average molecular weight is 357 g/mol. The van der Waals surface area contributed by atoms with Crippen molar-refractivity contribution in [1.29, 1.82) is 0 Å². The highest BCUT2D eigenvalue weighted by Gasteiger charge is 2.31. The summed E-state index contributed by atoms with van der Waals surface area (Å²) in [6, 6.07) is 2.92. The number of hydrogen-bond donors (Lipinski definition) is 3. The van der Waals surface area contributed by atoms with Gasteiger partial charge < -0.3 is 16.0 Å². The third-order valence-electron chi connectivity index (χ3n) is 3.20. The van der Waals surface area contributed by atoms with Crippen LogP contribution < -0.4 is 16.0 Å². The molecule has 0 saturated heterocycles. The Hall–Kier alpha value is -2.95. The van der Waals surface area contributed by atoms with Gasteiger partial charge in [-0.15, -0.1) is 0 Å². The van der Waals surface area contributed by atoms with Gasteiger partial charge in [0, 0.05) is 7.05 Å². The van der Waals surface area contributed by atoms with Crippen LogP contribution in [-0.4, -0.2) is 46.7 Å². The second-order valence-corrected chi connectivity index (χ2v) is 4.99. The number of aromatic nitrogens is 3. The van der Waals surface area contributed by atoms with Gasteiger partial charge in [0.2, 0.25) is 0 Å². The van der Waals surface area contributed by atoms with E-state index in [0.717, 1.165) is 12.1 Å². The number of nitrogens with two attached hydrogens (primary N) is 1. The molecule has 25 heavy (non-hydrogen) atoms. The molecule has 1 aromatic heterocycles. The Morgan fingerprint density at radius 2 is 1.96 bits per heavy atom. The van der Waals surface area contributed by atoms with Crippen LogP contribution in [0.3, 0.4) is 0 Å². The summed E-state index contributed by atoms with van der Waals surface area (Å²) in [5.41, 5.74) is -0.718. The lowest BCUT2D eigenvalue weighted by molar-refractivity contribution is -0.632. The summed E-state index contributed by atoms with van der Waals surface area (Å²) in [7, 11) is 1.46. The van der Waals surface area contributed by atoms with Crippen LogP contribution in [0.25, 0.3) is 5.69 Å². The van der Waals surface area contributed by atoms with Crippen molar-refractivity contribution in [2.45, 2.75) is 6.18 Å². The SMILES string of the molecule is CNC(=O)C[NH2+]CC(=O)Nc1cc(C(F)(F)F)ccc1-n1cncn1. The maximum Gasteiger partial charge on any atom is 0.416 e. The topological polar surface area (TPSA) is 106 Å². The summed E-state index contributed by atoms with van der Waals surface area (Å²) < 4.78 is 40.0. The van der Waals surface area contributed by atoms with Crippen LogP contribution in [0.5, 0.6) is 0 Å². The Morgan fingerprint density at radius 3 is 2.56 bits per heavy atom. The quantitative estimate of drug-likeness (QED) is 0.650. The zero-order valence-corrected chi connectivity index (χ0v) is 13.2. The van der Waals surface area contributed by atoms with Gasteiger partial charge in [0.1, 0.15) is 12.7 Å². The van der Waals surface area contributed by atoms with E-state index in [1.54, 1.807) is 0 Å². The number of anilines is 1. The summed E-state index contributed by atoms with van der Waals surface area (Å²) in [5.74, 6) is -0.820. The Kier molecular flexibility index (Phi) is 5.70. The number of rotatable bonds is 6. The summed E-state index contributed by atoms with van der Waals surface area (Å²) in [5, 5.41) is 10.1. The molecule has 0 saturated carbocycles. The van der Waals surface area contributed by atoms with Crippen LogP contribution in [0.1, 0.15) is 5.56 Å². The number of hydrogen-bond acceptors (Lipinski definition) is 4. The number of carbonyl (C=O) groups excluding carboxylic acids is 2. The standard InChI is InChI=1S/C14H15F3N6O2/c1-18-12(24)5-19-6-13(25)22-10-4-9(14(15,16)17)2-3-11(10)23-8-20-7-21-23/h2-4,7-8,19H,5-6H2,1H3,(H,18,24)(H,22,25)/p+1. The summed E-state index contributed by atoms with van der Waals surface area (Å²) >= 11 is 0. The highest BCUT2D eigenvalue weighted by Crippen LogP contribution is 2.33. The predicted molar refractivity (Wildman–Crippen MR) is 80.7 cm³/mol. The van der Waals surface area contributed by atoms with Crippen LogP contribution in [0.4, 0.5) is 18.9 Å². The van der Waals surface area contributed by atoms with Crippen molar-refractivity contribution >= 4 is 17.5 Å². The molecule has 1 heterocycles. The van der Waals surface area contributed by atoms with Crippen LogP contribution >= 0.6 is 0 Å². The van der Waals surface area contributed by atoms with E-state index in [1.807, 2.05) is 0 Å². The number of benzene rings is 1. The highest BCUT2D eigenvalue weighted by molar-refractivity contribution is 5.93. The molecule has 11 heteroatoms. The lowest BCUT2D eigenvalue weighted by atomic mass is 10.1. The highest BCUT2D eigenvalue weighted by atomic mass is 19.4. The molecule has 2 amide bonds. The van der Waals surface area contributed by atoms with Gasteiger partial charge in [-0.2, -0.15) is 18.3 Å². The Bertz CT molecular complexity index is 746. The van der Waals surface area contributed by atoms with E-state index in [9.17, 15) is 22.8 Å². The van der Waals surface area contributed by atoms with Gasteiger partial charge in [-0.1, -0.05) is 0 Å². The third-order valence-corrected chi connectivity index (χ3v) is 3.20. The maximum absolute atomic E-state index is 12.9. The lowest BCUT2D eigenvalue weighted by Gasteiger charge is -2.14. The maximum atomic E-state index is 12.9. The second kappa shape index (κ2) is 7.75. The first-order valence-electron chi connectivity index (χ1n) is 7.19. The normalized spacial score (nSPS) is 11.2. The number of nitrogens with one attached hydrogen (secondary N) is 2. The van der Waals surface area contributed by atoms with Gasteiger partial charge in [0.15, 0.2) is 13.1 Å². The predicted octanol–water partition coefficient (Wildman–Crippen LogP) is -0.466. The van der Waals surface area contributed by atoms with E-state index in [4.69, 9.17) is 0 Å². The fraction of sp³-hybridized carbons (Fsp3) is 0.286. The molecule has 0 aliphatic heterocycles. The minimum atomic E-state index is -4.55. The van der Waals surface area contributed by atoms with Crippen molar-refractivity contribution in [2.24, 2.45) is 0 Å². The minimum absolute atomic E-state index is 0.0302. The lowest BCUT2D eigenvalue weighted by Crippen LogP contribution is -2.88. The monoisotopic (exact) mass is 357 g/mol. The molecule has 0 bridgehead atoms. The van der Waals surface area contributed by atoms with Gasteiger partial charge in [0.05, 0.1) is 16.9 Å². The Labute approximate surface area is 140 Å². The number of likely N-dealkylation sites (N-methyl/N-ethyl adjacent to an activating group) is 1. The van der Waals surface area contributed by atoms with Crippen molar-refractivity contribution < 1.29 is 28.1 Å². The van der Waals surface area contributed by atoms with Gasteiger partial charge in [-0.05, 0) is 18.2 Å². The van der Waals surface area contributed by atoms with Gasteiger partial charge in [0.25, 0.3) is 11.8 Å². The molecule has 2 aromatic rings. The van der Waals surface area contributed by atoms with E-state index in [-0.39, 0.29) is 30.4 Å². The second-order valence-electron chi connectivity index (χ2n) is 4.99. The Morgan fingerprint density at radius 1 is 1.24 bits per heavy atom. The van der Waals surface area contributed by atoms with Crippen LogP contribution in [0.2, 0.25) is 0 Å². The number of quaternary nitrogens is 1. The number of halogens is 3. The van der Waals surface area contributed by atoms with Crippen molar-refractivity contribution in [3.8, 4) is 5.69 Å². The first-order valence-corrected chi connectivity index (χ1v) is 7.19. The molecule has 0 fully saturated rings. The van der Waals surface area contributed by atoms with Crippen molar-refractivity contribution in [3.05, 3.63) is 36.4 Å². The molecule has 2 rings (SSSR count). The number of carbonyl (C=O) groups is 2. The van der Waals surface area contributed by atoms with Gasteiger partial charge in [-0.3, -0.25) is 9.59 Å². The molecule has 0 aliphatic rings. The van der Waals surface area contributed by atoms with Crippen molar-refractivity contribution in [1.82, 2.24) is 20.1 Å². The average Bonchev–Trinajstić information content (AvgIpc) is 3.08. The summed E-state index contributed by atoms with van der Waals surface area (Å²) in [4.78, 5) is 26.8. The molecule has 0 unspecified atom stereocenters. The molecule has 0 spiro atoms. The fourth-order valence-corrected chi connectivity index (χ4v) is 1.98. The molecule has 0 atom stereocenters. The van der Waals surface area contributed by atoms with Crippen LogP contribution in [0, 0.1) is 0 Å². The molecule has 0 radical (unpaired) electrons. The first-order chi connectivity index (χ1) is 11.8. The number of alkyl halides is 3. The van der Waals surface area contributed by atoms with E-state index in [1.165, 1.54) is 35.8 Å². The largest absolute Gasteiger partial charge is 0.416 e. The molecular weight excluding hydrogens is 341 g/mol. The molecule has 1 aromatic carbocycles. The molecule has 4 N–H and O–H groups in total. The molecule has 0 aliphatic carbocycles. The zero-order valence-electron chi connectivity index (χ0n) is 13.2. The number of nitrogens with zero attached hydrogens (tertiary/aromatic N) is 3. The van der Waals surface area contributed by atoms with Gasteiger partial charge in [-0.25, -0.2) is 9.67 Å². The van der Waals surface area contributed by atoms with Crippen LogP contribution in [0.15, 0.2) is 30.9 Å². The summed E-state index contributed by atoms with van der Waals surface area (Å²) in [6.07, 6.45) is -2.03.